The van der Waals surface area contributed by atoms with E-state index < -0.39 is 0 Å². The van der Waals surface area contributed by atoms with Crippen molar-refractivity contribution in [3.63, 3.8) is 0 Å². The van der Waals surface area contributed by atoms with E-state index in [-0.39, 0.29) is 12.3 Å². The molecule has 0 heterocycles. The van der Waals surface area contributed by atoms with Crippen molar-refractivity contribution in [2.75, 3.05) is 6.54 Å². The van der Waals surface area contributed by atoms with Gasteiger partial charge < -0.3 is 5.32 Å². The first-order valence-electron chi connectivity index (χ1n) is 5.18. The van der Waals surface area contributed by atoms with Gasteiger partial charge in [-0.3, -0.25) is 4.79 Å². The summed E-state index contributed by atoms with van der Waals surface area (Å²) in [5.74, 6) is 0.0456. The monoisotopic (exact) mass is 214 g/mol. The highest BCUT2D eigenvalue weighted by atomic mass is 16.1. The van der Waals surface area contributed by atoms with Gasteiger partial charge >= 0.3 is 0 Å². The molecule has 0 atom stereocenters. The average Bonchev–Trinajstić information content (AvgIpc) is 2.35. The Morgan fingerprint density at radius 3 is 2.69 bits per heavy atom. The first-order valence-corrected chi connectivity index (χ1v) is 5.18. The highest BCUT2D eigenvalue weighted by molar-refractivity contribution is 5.96. The van der Waals surface area contributed by atoms with Gasteiger partial charge in [-0.2, -0.15) is 5.26 Å². The second-order valence-electron chi connectivity index (χ2n) is 3.26. The van der Waals surface area contributed by atoms with Gasteiger partial charge in [0.25, 0.3) is 0 Å². The summed E-state index contributed by atoms with van der Waals surface area (Å²) in [6.45, 7) is 2.00. The van der Waals surface area contributed by atoms with Gasteiger partial charge in [-0.1, -0.05) is 37.3 Å². The summed E-state index contributed by atoms with van der Waals surface area (Å²) in [5, 5.41) is 11.5. The van der Waals surface area contributed by atoms with Crippen LogP contribution in [0, 0.1) is 11.3 Å². The fourth-order valence-electron chi connectivity index (χ4n) is 1.25. The molecular weight excluding hydrogens is 200 g/mol. The fraction of sp³-hybridized carbons (Fsp3) is 0.231. The van der Waals surface area contributed by atoms with Crippen LogP contribution in [-0.2, 0) is 4.79 Å². The number of carbonyl (C=O) groups excluding carboxylic acids is 1. The number of rotatable bonds is 5. The summed E-state index contributed by atoms with van der Waals surface area (Å²) in [6.07, 6.45) is 2.01. The molecule has 3 nitrogen and oxygen atoms in total. The third kappa shape index (κ3) is 3.58. The largest absolute Gasteiger partial charge is 0.372 e. The summed E-state index contributed by atoms with van der Waals surface area (Å²) >= 11 is 0. The van der Waals surface area contributed by atoms with Crippen LogP contribution in [0.3, 0.4) is 0 Å². The minimum Gasteiger partial charge on any atom is -0.372 e. The van der Waals surface area contributed by atoms with Crippen molar-refractivity contribution in [2.45, 2.75) is 13.3 Å². The zero-order valence-corrected chi connectivity index (χ0v) is 9.23. The number of ketones is 1. The van der Waals surface area contributed by atoms with Crippen molar-refractivity contribution < 1.29 is 4.79 Å². The third-order valence-electron chi connectivity index (χ3n) is 2.10. The van der Waals surface area contributed by atoms with E-state index in [1.54, 1.807) is 6.08 Å². The standard InChI is InChI=1S/C13H14N2O/c1-2-12(16)10-13(15-9-8-14)11-6-4-3-5-7-11/h3-7,10,15H,2,9H2,1H3/b13-10-. The molecule has 16 heavy (non-hydrogen) atoms. The summed E-state index contributed by atoms with van der Waals surface area (Å²) in [6, 6.07) is 11.5. The van der Waals surface area contributed by atoms with Gasteiger partial charge in [0, 0.05) is 18.2 Å². The Bertz CT molecular complexity index is 415. The second kappa shape index (κ2) is 6.41. The lowest BCUT2D eigenvalue weighted by atomic mass is 10.1. The van der Waals surface area contributed by atoms with E-state index in [0.29, 0.717) is 12.1 Å². The van der Waals surface area contributed by atoms with Gasteiger partial charge in [0.1, 0.15) is 6.54 Å². The molecule has 1 aromatic rings. The molecule has 0 saturated carbocycles. The van der Waals surface area contributed by atoms with Crippen LogP contribution in [0.4, 0.5) is 0 Å². The molecular formula is C13H14N2O. The Morgan fingerprint density at radius 2 is 2.12 bits per heavy atom. The molecule has 1 aromatic carbocycles. The molecule has 0 spiro atoms. The number of nitrogens with one attached hydrogen (secondary N) is 1. The van der Waals surface area contributed by atoms with Crippen molar-refractivity contribution >= 4 is 11.5 Å². The number of benzene rings is 1. The molecule has 0 aliphatic heterocycles. The smallest absolute Gasteiger partial charge is 0.157 e. The van der Waals surface area contributed by atoms with E-state index in [1.807, 2.05) is 43.3 Å². The first-order chi connectivity index (χ1) is 7.77. The molecule has 3 heteroatoms. The maximum absolute atomic E-state index is 11.4. The van der Waals surface area contributed by atoms with Crippen LogP contribution >= 0.6 is 0 Å². The Morgan fingerprint density at radius 1 is 1.44 bits per heavy atom. The molecule has 0 fully saturated rings. The average molecular weight is 214 g/mol. The number of nitrogens with zero attached hydrogens (tertiary/aromatic N) is 1. The molecule has 1 rings (SSSR count). The summed E-state index contributed by atoms with van der Waals surface area (Å²) in [7, 11) is 0. The number of hydrogen-bond donors (Lipinski definition) is 1. The molecule has 0 aliphatic rings. The summed E-state index contributed by atoms with van der Waals surface area (Å²) in [4.78, 5) is 11.4. The second-order valence-corrected chi connectivity index (χ2v) is 3.26. The Balaban J connectivity index is 2.93. The van der Waals surface area contributed by atoms with Crippen molar-refractivity contribution in [2.24, 2.45) is 0 Å². The molecule has 0 aliphatic carbocycles. The van der Waals surface area contributed by atoms with Crippen molar-refractivity contribution in [1.29, 1.82) is 5.26 Å². The first kappa shape index (κ1) is 12.0. The maximum atomic E-state index is 11.4. The van der Waals surface area contributed by atoms with Crippen LogP contribution in [-0.4, -0.2) is 12.3 Å². The lowest BCUT2D eigenvalue weighted by Crippen LogP contribution is -2.13. The lowest BCUT2D eigenvalue weighted by Gasteiger charge is -2.07. The summed E-state index contributed by atoms with van der Waals surface area (Å²) < 4.78 is 0. The Labute approximate surface area is 95.4 Å². The van der Waals surface area contributed by atoms with Crippen LogP contribution in [0.1, 0.15) is 18.9 Å². The Kier molecular flexibility index (Phi) is 4.81. The fourth-order valence-corrected chi connectivity index (χ4v) is 1.25. The number of nitriles is 1. The van der Waals surface area contributed by atoms with Crippen molar-refractivity contribution in [1.82, 2.24) is 5.32 Å². The van der Waals surface area contributed by atoms with Crippen LogP contribution in [0.2, 0.25) is 0 Å². The van der Waals surface area contributed by atoms with Gasteiger partial charge in [0.15, 0.2) is 5.78 Å². The highest BCUT2D eigenvalue weighted by Gasteiger charge is 2.02. The Hall–Kier alpha value is -2.08. The van der Waals surface area contributed by atoms with E-state index in [9.17, 15) is 4.79 Å². The highest BCUT2D eigenvalue weighted by Crippen LogP contribution is 2.10. The maximum Gasteiger partial charge on any atom is 0.157 e. The van der Waals surface area contributed by atoms with E-state index in [4.69, 9.17) is 5.26 Å². The lowest BCUT2D eigenvalue weighted by molar-refractivity contribution is -0.114. The molecule has 0 amide bonds. The van der Waals surface area contributed by atoms with E-state index in [0.717, 1.165) is 5.56 Å². The SMILES string of the molecule is CCC(=O)/C=C(\NCC#N)c1ccccc1. The van der Waals surface area contributed by atoms with Crippen molar-refractivity contribution in [3.8, 4) is 6.07 Å². The van der Waals surface area contributed by atoms with Gasteiger partial charge in [0.05, 0.1) is 6.07 Å². The van der Waals surface area contributed by atoms with E-state index >= 15 is 0 Å². The van der Waals surface area contributed by atoms with Gasteiger partial charge in [-0.25, -0.2) is 0 Å². The van der Waals surface area contributed by atoms with E-state index in [2.05, 4.69) is 5.32 Å². The van der Waals surface area contributed by atoms with Crippen LogP contribution in [0.25, 0.3) is 5.70 Å². The third-order valence-corrected chi connectivity index (χ3v) is 2.10. The molecule has 1 N–H and O–H groups in total. The quantitative estimate of drug-likeness (QED) is 0.603. The summed E-state index contributed by atoms with van der Waals surface area (Å²) in [5.41, 5.74) is 1.62. The number of hydrogen-bond acceptors (Lipinski definition) is 3. The van der Waals surface area contributed by atoms with E-state index in [1.165, 1.54) is 0 Å². The number of carbonyl (C=O) groups is 1. The molecule has 0 unspecified atom stereocenters. The minimum absolute atomic E-state index is 0.0456. The minimum atomic E-state index is 0.0456. The van der Waals surface area contributed by atoms with Gasteiger partial charge in [0.2, 0.25) is 0 Å². The zero-order valence-electron chi connectivity index (χ0n) is 9.23. The normalized spacial score (nSPS) is 10.6. The molecule has 0 bridgehead atoms. The van der Waals surface area contributed by atoms with Gasteiger partial charge in [-0.15, -0.1) is 0 Å². The van der Waals surface area contributed by atoms with Crippen LogP contribution in [0.15, 0.2) is 36.4 Å². The van der Waals surface area contributed by atoms with Crippen molar-refractivity contribution in [3.05, 3.63) is 42.0 Å². The predicted molar refractivity (Wildman–Crippen MR) is 63.3 cm³/mol. The molecule has 82 valence electrons. The zero-order chi connectivity index (χ0) is 11.8. The van der Waals surface area contributed by atoms with Crippen LogP contribution < -0.4 is 5.32 Å². The molecule has 0 saturated heterocycles. The predicted octanol–water partition coefficient (Wildman–Crippen LogP) is 2.12. The topological polar surface area (TPSA) is 52.9 Å². The molecule has 0 aromatic heterocycles. The van der Waals surface area contributed by atoms with Crippen LogP contribution in [0.5, 0.6) is 0 Å². The van der Waals surface area contributed by atoms with Gasteiger partial charge in [-0.05, 0) is 5.56 Å². The number of allylic oxidation sites excluding steroid dienone is 1. The molecule has 0 radical (unpaired) electrons.